The molecule has 1 heteroatoms. The molecule has 5 rings (SSSR count). The normalized spacial score (nSPS) is 12.6. The molecule has 21 heavy (non-hydrogen) atoms. The van der Waals surface area contributed by atoms with Crippen molar-refractivity contribution in [3.63, 3.8) is 0 Å². The van der Waals surface area contributed by atoms with E-state index in [4.69, 9.17) is 0 Å². The quantitative estimate of drug-likeness (QED) is 0.330. The van der Waals surface area contributed by atoms with Gasteiger partial charge >= 0.3 is 0 Å². The van der Waals surface area contributed by atoms with Crippen LogP contribution in [0.5, 0.6) is 0 Å². The van der Waals surface area contributed by atoms with Crippen LogP contribution >= 0.6 is 11.8 Å². The van der Waals surface area contributed by atoms with Crippen molar-refractivity contribution in [2.75, 3.05) is 0 Å². The smallest absolute Gasteiger partial charge is 0.0279 e. The minimum absolute atomic E-state index is 1.32. The van der Waals surface area contributed by atoms with Crippen molar-refractivity contribution in [2.24, 2.45) is 0 Å². The first-order chi connectivity index (χ1) is 10.4. The van der Waals surface area contributed by atoms with E-state index in [9.17, 15) is 0 Å². The second-order valence-corrected chi connectivity index (χ2v) is 6.48. The van der Waals surface area contributed by atoms with Gasteiger partial charge in [-0.3, -0.25) is 0 Å². The Bertz CT molecular complexity index is 1010. The Morgan fingerprint density at radius 2 is 1.38 bits per heavy atom. The monoisotopic (exact) mass is 284 g/mol. The molecule has 0 aromatic heterocycles. The molecule has 0 spiro atoms. The molecule has 0 fully saturated rings. The van der Waals surface area contributed by atoms with Gasteiger partial charge in [0, 0.05) is 15.2 Å². The average molecular weight is 284 g/mol. The number of benzene rings is 4. The van der Waals surface area contributed by atoms with Crippen LogP contribution in [0.2, 0.25) is 0 Å². The summed E-state index contributed by atoms with van der Waals surface area (Å²) in [6, 6.07) is 26.4. The van der Waals surface area contributed by atoms with Crippen LogP contribution in [0, 0.1) is 0 Å². The number of hydrogen-bond acceptors (Lipinski definition) is 1. The van der Waals surface area contributed by atoms with E-state index < -0.39 is 0 Å². The number of rotatable bonds is 0. The van der Waals surface area contributed by atoms with E-state index in [2.05, 4.69) is 72.8 Å². The molecule has 1 aliphatic heterocycles. The lowest BCUT2D eigenvalue weighted by molar-refractivity contribution is 1.44. The fourth-order valence-corrected chi connectivity index (χ4v) is 4.57. The molecule has 4 aromatic rings. The highest BCUT2D eigenvalue weighted by Gasteiger charge is 2.20. The summed E-state index contributed by atoms with van der Waals surface area (Å²) in [5, 5.41) is 5.39. The molecule has 0 saturated carbocycles. The first-order valence-corrected chi connectivity index (χ1v) is 7.95. The molecule has 0 bridgehead atoms. The number of hydrogen-bond donors (Lipinski definition) is 0. The highest BCUT2D eigenvalue weighted by molar-refractivity contribution is 8.00. The fraction of sp³-hybridized carbons (Fsp3) is 0. The lowest BCUT2D eigenvalue weighted by Gasteiger charge is -2.21. The largest absolute Gasteiger partial charge is 0.0881 e. The zero-order valence-corrected chi connectivity index (χ0v) is 12.2. The molecule has 98 valence electrons. The molecule has 1 aliphatic rings. The Hall–Kier alpha value is -2.25. The summed E-state index contributed by atoms with van der Waals surface area (Å²) in [6.45, 7) is 0. The van der Waals surface area contributed by atoms with E-state index in [0.717, 1.165) is 0 Å². The van der Waals surface area contributed by atoms with Gasteiger partial charge in [0.2, 0.25) is 0 Å². The average Bonchev–Trinajstić information content (AvgIpc) is 2.55. The molecule has 0 N–H and O–H groups in total. The lowest BCUT2D eigenvalue weighted by atomic mass is 9.95. The van der Waals surface area contributed by atoms with Crippen molar-refractivity contribution < 1.29 is 0 Å². The van der Waals surface area contributed by atoms with Gasteiger partial charge in [-0.25, -0.2) is 0 Å². The minimum atomic E-state index is 1.32. The molecular weight excluding hydrogens is 272 g/mol. The van der Waals surface area contributed by atoms with Gasteiger partial charge in [0.1, 0.15) is 0 Å². The summed E-state index contributed by atoms with van der Waals surface area (Å²) < 4.78 is 0. The van der Waals surface area contributed by atoms with Gasteiger partial charge in [0.25, 0.3) is 0 Å². The van der Waals surface area contributed by atoms with Crippen molar-refractivity contribution in [1.82, 2.24) is 0 Å². The second kappa shape index (κ2) is 4.12. The van der Waals surface area contributed by atoms with Crippen molar-refractivity contribution in [3.8, 4) is 11.1 Å². The lowest BCUT2D eigenvalue weighted by Crippen LogP contribution is -1.93. The highest BCUT2D eigenvalue weighted by Crippen LogP contribution is 2.50. The van der Waals surface area contributed by atoms with E-state index in [1.54, 1.807) is 0 Å². The molecule has 0 aliphatic carbocycles. The summed E-state index contributed by atoms with van der Waals surface area (Å²) >= 11 is 1.90. The van der Waals surface area contributed by atoms with Gasteiger partial charge in [-0.05, 0) is 33.4 Å². The maximum absolute atomic E-state index is 2.27. The van der Waals surface area contributed by atoms with Crippen molar-refractivity contribution in [2.45, 2.75) is 9.79 Å². The zero-order chi connectivity index (χ0) is 13.8. The zero-order valence-electron chi connectivity index (χ0n) is 11.3. The second-order valence-electron chi connectivity index (χ2n) is 5.43. The van der Waals surface area contributed by atoms with Crippen LogP contribution in [0.25, 0.3) is 32.7 Å². The van der Waals surface area contributed by atoms with Gasteiger partial charge in [-0.1, -0.05) is 78.5 Å². The third kappa shape index (κ3) is 1.52. The van der Waals surface area contributed by atoms with Gasteiger partial charge in [0.15, 0.2) is 0 Å². The van der Waals surface area contributed by atoms with E-state index in [1.807, 2.05) is 11.8 Å². The summed E-state index contributed by atoms with van der Waals surface area (Å²) in [5.41, 5.74) is 2.73. The minimum Gasteiger partial charge on any atom is -0.0881 e. The summed E-state index contributed by atoms with van der Waals surface area (Å²) in [5.74, 6) is 0. The van der Waals surface area contributed by atoms with Gasteiger partial charge in [-0.2, -0.15) is 0 Å². The molecule has 0 radical (unpaired) electrons. The maximum Gasteiger partial charge on any atom is 0.0279 e. The Labute approximate surface area is 127 Å². The predicted molar refractivity (Wildman–Crippen MR) is 91.0 cm³/mol. The van der Waals surface area contributed by atoms with Crippen LogP contribution < -0.4 is 0 Å². The topological polar surface area (TPSA) is 0 Å². The first kappa shape index (κ1) is 11.4. The fourth-order valence-electron chi connectivity index (χ4n) is 3.29. The summed E-state index contributed by atoms with van der Waals surface area (Å²) in [6.07, 6.45) is 0. The Morgan fingerprint density at radius 1 is 0.571 bits per heavy atom. The molecule has 0 unspecified atom stereocenters. The molecule has 0 atom stereocenters. The van der Waals surface area contributed by atoms with Crippen LogP contribution in [0.4, 0.5) is 0 Å². The highest BCUT2D eigenvalue weighted by atomic mass is 32.2. The van der Waals surface area contributed by atoms with E-state index in [-0.39, 0.29) is 0 Å². The standard InChI is InChI=1S/C20H12S/c1-2-8-15-13(5-1)11-12-17-16-9-3-6-14-7-4-10-18(19(14)16)21-20(15)17/h1-12H. The Morgan fingerprint density at radius 3 is 2.33 bits per heavy atom. The third-order valence-electron chi connectivity index (χ3n) is 4.25. The molecule has 0 nitrogen and oxygen atoms in total. The van der Waals surface area contributed by atoms with E-state index in [0.29, 0.717) is 0 Å². The predicted octanol–water partition coefficient (Wildman–Crippen LogP) is 6.12. The van der Waals surface area contributed by atoms with Gasteiger partial charge in [-0.15, -0.1) is 0 Å². The third-order valence-corrected chi connectivity index (χ3v) is 5.45. The molecule has 4 aromatic carbocycles. The van der Waals surface area contributed by atoms with Crippen LogP contribution in [0.1, 0.15) is 0 Å². The van der Waals surface area contributed by atoms with E-state index in [1.165, 1.54) is 42.5 Å². The first-order valence-electron chi connectivity index (χ1n) is 7.13. The van der Waals surface area contributed by atoms with Crippen LogP contribution in [0.3, 0.4) is 0 Å². The molecule has 0 saturated heterocycles. The van der Waals surface area contributed by atoms with Gasteiger partial charge < -0.3 is 0 Å². The molecule has 0 amide bonds. The van der Waals surface area contributed by atoms with E-state index >= 15 is 0 Å². The summed E-state index contributed by atoms with van der Waals surface area (Å²) in [4.78, 5) is 2.76. The van der Waals surface area contributed by atoms with Crippen LogP contribution in [-0.4, -0.2) is 0 Å². The van der Waals surface area contributed by atoms with Gasteiger partial charge in [0.05, 0.1) is 0 Å². The van der Waals surface area contributed by atoms with Crippen LogP contribution in [0.15, 0.2) is 82.6 Å². The van der Waals surface area contributed by atoms with Crippen LogP contribution in [-0.2, 0) is 0 Å². The van der Waals surface area contributed by atoms with Crippen molar-refractivity contribution in [3.05, 3.63) is 72.8 Å². The van der Waals surface area contributed by atoms with Crippen molar-refractivity contribution >= 4 is 33.3 Å². The summed E-state index contributed by atoms with van der Waals surface area (Å²) in [7, 11) is 0. The SMILES string of the molecule is c1ccc2c3c(ccc2c1)-c1cccc2cccc(c12)S3. The Kier molecular flexibility index (Phi) is 2.24. The Balaban J connectivity index is 1.98. The molecular formula is C20H12S. The maximum atomic E-state index is 2.27. The molecule has 1 heterocycles. The van der Waals surface area contributed by atoms with Crippen molar-refractivity contribution in [1.29, 1.82) is 0 Å². The number of fused-ring (bicyclic) bond motifs is 4.